The van der Waals surface area contributed by atoms with E-state index in [2.05, 4.69) is 15.3 Å². The molecule has 1 amide bonds. The van der Waals surface area contributed by atoms with E-state index in [-0.39, 0.29) is 23.7 Å². The average molecular weight is 335 g/mol. The van der Waals surface area contributed by atoms with Crippen LogP contribution in [-0.2, 0) is 11.2 Å². The van der Waals surface area contributed by atoms with E-state index in [4.69, 9.17) is 15.7 Å². The first kappa shape index (κ1) is 16.5. The Morgan fingerprint density at radius 2 is 2.12 bits per heavy atom. The number of nitrogens with one attached hydrogen (secondary N) is 1. The van der Waals surface area contributed by atoms with E-state index in [0.29, 0.717) is 17.9 Å². The molecule has 0 bridgehead atoms. The van der Waals surface area contributed by atoms with Crippen molar-refractivity contribution in [2.45, 2.75) is 18.9 Å². The summed E-state index contributed by atoms with van der Waals surface area (Å²) in [6.07, 6.45) is 3.11. The van der Waals surface area contributed by atoms with Gasteiger partial charge in [-0.15, -0.1) is 0 Å². The number of nitrogens with zero attached hydrogens (tertiary/aromatic N) is 3. The molecule has 1 atom stereocenters. The first-order valence-electron chi connectivity index (χ1n) is 7.86. The summed E-state index contributed by atoms with van der Waals surface area (Å²) in [6.45, 7) is 0.540. The van der Waals surface area contributed by atoms with Crippen LogP contribution in [0.1, 0.15) is 28.0 Å². The van der Waals surface area contributed by atoms with E-state index >= 15 is 0 Å². The molecule has 3 rings (SSSR count). The molecule has 1 aliphatic rings. The number of ether oxygens (including phenoxy) is 1. The van der Waals surface area contributed by atoms with E-state index in [1.165, 1.54) is 12.3 Å². The molecule has 1 aromatic carbocycles. The molecule has 7 nitrogen and oxygen atoms in total. The second kappa shape index (κ2) is 7.45. The summed E-state index contributed by atoms with van der Waals surface area (Å²) in [4.78, 5) is 20.2. The van der Waals surface area contributed by atoms with Crippen LogP contribution in [0.3, 0.4) is 0 Å². The fourth-order valence-electron chi connectivity index (χ4n) is 2.47. The van der Waals surface area contributed by atoms with Gasteiger partial charge in [-0.1, -0.05) is 12.1 Å². The number of hydrogen-bond donors (Lipinski definition) is 2. The average Bonchev–Trinajstić information content (AvgIpc) is 3.06. The zero-order valence-corrected chi connectivity index (χ0v) is 13.5. The Bertz CT molecular complexity index is 822. The fraction of sp³-hybridized carbons (Fsp3) is 0.222. The summed E-state index contributed by atoms with van der Waals surface area (Å²) < 4.78 is 5.13. The number of carbonyl (C=O) groups excluding carboxylic acids is 1. The zero-order chi connectivity index (χ0) is 17.6. The monoisotopic (exact) mass is 335 g/mol. The van der Waals surface area contributed by atoms with Gasteiger partial charge in [0.1, 0.15) is 18.4 Å². The summed E-state index contributed by atoms with van der Waals surface area (Å²) in [6, 6.07) is 13.0. The minimum absolute atomic E-state index is 0.114. The number of nitrogens with two attached hydrogens (primary N) is 1. The number of rotatable bonds is 5. The van der Waals surface area contributed by atoms with E-state index < -0.39 is 0 Å². The number of pyridine rings is 1. The predicted molar refractivity (Wildman–Crippen MR) is 93.0 cm³/mol. The van der Waals surface area contributed by atoms with Crippen LogP contribution in [0.4, 0.5) is 5.69 Å². The molecule has 1 aliphatic heterocycles. The van der Waals surface area contributed by atoms with Gasteiger partial charge in [0, 0.05) is 11.9 Å². The number of amides is 1. The van der Waals surface area contributed by atoms with Gasteiger partial charge in [-0.3, -0.25) is 4.79 Å². The zero-order valence-electron chi connectivity index (χ0n) is 13.5. The maximum absolute atomic E-state index is 12.2. The molecule has 0 spiro atoms. The number of aromatic nitrogens is 1. The Balaban J connectivity index is 1.54. The van der Waals surface area contributed by atoms with Crippen LogP contribution >= 0.6 is 0 Å². The van der Waals surface area contributed by atoms with Crippen molar-refractivity contribution in [2.24, 2.45) is 10.7 Å². The molecule has 0 saturated heterocycles. The first-order chi connectivity index (χ1) is 12.1. The number of nitriles is 1. The second-order valence-electron chi connectivity index (χ2n) is 5.67. The third kappa shape index (κ3) is 4.32. The Morgan fingerprint density at radius 1 is 1.32 bits per heavy atom. The maximum Gasteiger partial charge on any atom is 0.282 e. The smallest absolute Gasteiger partial charge is 0.282 e. The minimum atomic E-state index is -0.266. The molecule has 3 N–H and O–H groups in total. The molecule has 0 fully saturated rings. The molecule has 126 valence electrons. The second-order valence-corrected chi connectivity index (χ2v) is 5.67. The lowest BCUT2D eigenvalue weighted by atomic mass is 10.1. The predicted octanol–water partition coefficient (Wildman–Crippen LogP) is 1.85. The van der Waals surface area contributed by atoms with Crippen molar-refractivity contribution in [3.05, 3.63) is 59.4 Å². The summed E-state index contributed by atoms with van der Waals surface area (Å²) >= 11 is 0. The minimum Gasteiger partial charge on any atom is -0.463 e. The van der Waals surface area contributed by atoms with Gasteiger partial charge in [-0.25, -0.2) is 9.98 Å². The van der Waals surface area contributed by atoms with Crippen molar-refractivity contribution in [3.8, 4) is 6.07 Å². The van der Waals surface area contributed by atoms with Gasteiger partial charge >= 0.3 is 0 Å². The highest BCUT2D eigenvalue weighted by atomic mass is 16.5. The summed E-state index contributed by atoms with van der Waals surface area (Å²) in [5.41, 5.74) is 8.02. The third-order valence-corrected chi connectivity index (χ3v) is 3.85. The highest BCUT2D eigenvalue weighted by Crippen LogP contribution is 2.15. The number of anilines is 1. The summed E-state index contributed by atoms with van der Waals surface area (Å²) in [5.74, 6) is -0.266. The molecule has 0 saturated carbocycles. The van der Waals surface area contributed by atoms with Crippen molar-refractivity contribution in [2.75, 3.05) is 11.9 Å². The molecule has 7 heteroatoms. The molecule has 2 heterocycles. The molecule has 2 aromatic rings. The topological polar surface area (TPSA) is 113 Å². The number of aliphatic imine (C=N–C) groups is 1. The van der Waals surface area contributed by atoms with Crippen molar-refractivity contribution in [1.29, 1.82) is 5.26 Å². The van der Waals surface area contributed by atoms with E-state index in [1.54, 1.807) is 6.07 Å². The highest BCUT2D eigenvalue weighted by molar-refractivity contribution is 6.04. The number of benzene rings is 1. The van der Waals surface area contributed by atoms with Gasteiger partial charge in [0.2, 0.25) is 0 Å². The summed E-state index contributed by atoms with van der Waals surface area (Å²) in [5, 5.41) is 11.5. The van der Waals surface area contributed by atoms with E-state index in [9.17, 15) is 4.79 Å². The normalized spacial score (nSPS) is 15.8. The van der Waals surface area contributed by atoms with Crippen LogP contribution in [-0.4, -0.2) is 29.6 Å². The first-order valence-corrected chi connectivity index (χ1v) is 7.86. The van der Waals surface area contributed by atoms with Crippen LogP contribution in [0.25, 0.3) is 0 Å². The number of aryl methyl sites for hydroxylation is 1. The molecular weight excluding hydrogens is 318 g/mol. The number of hydrogen-bond acceptors (Lipinski definition) is 6. The van der Waals surface area contributed by atoms with E-state index in [1.807, 2.05) is 30.3 Å². The molecule has 0 radical (unpaired) electrons. The van der Waals surface area contributed by atoms with Crippen LogP contribution in [0, 0.1) is 11.3 Å². The molecule has 0 aliphatic carbocycles. The lowest BCUT2D eigenvalue weighted by Gasteiger charge is -2.08. The van der Waals surface area contributed by atoms with E-state index in [0.717, 1.165) is 18.4 Å². The largest absolute Gasteiger partial charge is 0.463 e. The van der Waals surface area contributed by atoms with Crippen LogP contribution < -0.4 is 11.1 Å². The van der Waals surface area contributed by atoms with Gasteiger partial charge in [0.05, 0.1) is 11.6 Å². The molecule has 1 unspecified atom stereocenters. The standard InChI is InChI=1S/C18H17N5O2/c19-9-15-8-4-13(10-21-15)17(24)22-14-5-1-12(2-6-14)3-7-16-11-25-18(20)23-16/h1-2,4-6,8,10,16H,3,7,11H2,(H2,20,23)(H,22,24). The van der Waals surface area contributed by atoms with Gasteiger partial charge in [0.15, 0.2) is 0 Å². The van der Waals surface area contributed by atoms with Crippen LogP contribution in [0.15, 0.2) is 47.6 Å². The van der Waals surface area contributed by atoms with Gasteiger partial charge in [-0.2, -0.15) is 5.26 Å². The Kier molecular flexibility index (Phi) is 4.90. The maximum atomic E-state index is 12.2. The van der Waals surface area contributed by atoms with Crippen LogP contribution in [0.2, 0.25) is 0 Å². The SMILES string of the molecule is N#Cc1ccc(C(=O)Nc2ccc(CCC3COC(N)=N3)cc2)cn1. The van der Waals surface area contributed by atoms with Gasteiger partial charge in [-0.05, 0) is 42.7 Å². The number of amidine groups is 1. The Labute approximate surface area is 145 Å². The highest BCUT2D eigenvalue weighted by Gasteiger charge is 2.16. The fourth-order valence-corrected chi connectivity index (χ4v) is 2.47. The quantitative estimate of drug-likeness (QED) is 0.865. The van der Waals surface area contributed by atoms with Crippen molar-refractivity contribution in [1.82, 2.24) is 4.98 Å². The lowest BCUT2D eigenvalue weighted by molar-refractivity contribution is 0.102. The van der Waals surface area contributed by atoms with Crippen molar-refractivity contribution < 1.29 is 9.53 Å². The molecule has 1 aromatic heterocycles. The van der Waals surface area contributed by atoms with Crippen molar-refractivity contribution >= 4 is 17.6 Å². The lowest BCUT2D eigenvalue weighted by Crippen LogP contribution is -2.12. The Hall–Kier alpha value is -3.40. The summed E-state index contributed by atoms with van der Waals surface area (Å²) in [7, 11) is 0. The Morgan fingerprint density at radius 3 is 2.72 bits per heavy atom. The number of carbonyl (C=O) groups is 1. The van der Waals surface area contributed by atoms with Crippen molar-refractivity contribution in [3.63, 3.8) is 0 Å². The van der Waals surface area contributed by atoms with Gasteiger partial charge in [0.25, 0.3) is 11.9 Å². The van der Waals surface area contributed by atoms with Crippen LogP contribution in [0.5, 0.6) is 0 Å². The van der Waals surface area contributed by atoms with Gasteiger partial charge < -0.3 is 15.8 Å². The molecule has 25 heavy (non-hydrogen) atoms. The molecular formula is C18H17N5O2. The third-order valence-electron chi connectivity index (χ3n) is 3.85.